The van der Waals surface area contributed by atoms with Crippen LogP contribution >= 0.6 is 0 Å². The lowest BCUT2D eigenvalue weighted by Crippen LogP contribution is -2.45. The zero-order valence-corrected chi connectivity index (χ0v) is 11.7. The van der Waals surface area contributed by atoms with Gasteiger partial charge in [0.05, 0.1) is 6.61 Å². The first-order valence-corrected chi connectivity index (χ1v) is 7.80. The third-order valence-electron chi connectivity index (χ3n) is 3.40. The van der Waals surface area contributed by atoms with Gasteiger partial charge in [-0.1, -0.05) is 6.42 Å². The molecule has 0 spiro atoms. The summed E-state index contributed by atoms with van der Waals surface area (Å²) in [6.45, 7) is -0.0292. The molecule has 7 heteroatoms. The van der Waals surface area contributed by atoms with Crippen LogP contribution in [0.15, 0.2) is 23.2 Å². The number of nitrogens with one attached hydrogen (secondary N) is 1. The average Bonchev–Trinajstić information content (AvgIpc) is 2.36. The Morgan fingerprint density at radius 3 is 2.63 bits per heavy atom. The molecule has 19 heavy (non-hydrogen) atoms. The number of hydrogen-bond acceptors (Lipinski definition) is 5. The van der Waals surface area contributed by atoms with Gasteiger partial charge in [-0.05, 0) is 25.0 Å². The van der Waals surface area contributed by atoms with Crippen molar-refractivity contribution < 1.29 is 13.5 Å². The van der Waals surface area contributed by atoms with Crippen molar-refractivity contribution in [2.45, 2.75) is 30.2 Å². The molecule has 1 aromatic heterocycles. The highest BCUT2D eigenvalue weighted by Crippen LogP contribution is 2.29. The van der Waals surface area contributed by atoms with Crippen molar-refractivity contribution in [2.24, 2.45) is 0 Å². The minimum atomic E-state index is -3.57. The van der Waals surface area contributed by atoms with Crippen LogP contribution < -0.4 is 5.32 Å². The standard InChI is InChI=1S/C12H19N3O3S/c1-13-12-6-5-11(9-14-12)19(17,18)15(7-8-16)10-3-2-4-10/h5-6,9-10,16H,2-4,7-8H2,1H3,(H,13,14). The first kappa shape index (κ1) is 14.2. The number of nitrogens with zero attached hydrogens (tertiary/aromatic N) is 2. The van der Waals surface area contributed by atoms with Gasteiger partial charge in [-0.15, -0.1) is 0 Å². The number of aliphatic hydroxyl groups excluding tert-OH is 1. The van der Waals surface area contributed by atoms with E-state index in [9.17, 15) is 8.42 Å². The van der Waals surface area contributed by atoms with Gasteiger partial charge in [-0.3, -0.25) is 0 Å². The highest BCUT2D eigenvalue weighted by molar-refractivity contribution is 7.89. The molecule has 1 fully saturated rings. The largest absolute Gasteiger partial charge is 0.395 e. The molecule has 1 aromatic rings. The summed E-state index contributed by atoms with van der Waals surface area (Å²) in [6.07, 6.45) is 4.12. The SMILES string of the molecule is CNc1ccc(S(=O)(=O)N(CCO)C2CCC2)cn1. The van der Waals surface area contributed by atoms with Crippen molar-refractivity contribution in [2.75, 3.05) is 25.5 Å². The number of aromatic nitrogens is 1. The van der Waals surface area contributed by atoms with Gasteiger partial charge in [0.15, 0.2) is 0 Å². The highest BCUT2D eigenvalue weighted by atomic mass is 32.2. The Bertz CT molecular complexity index is 512. The predicted molar refractivity (Wildman–Crippen MR) is 72.4 cm³/mol. The van der Waals surface area contributed by atoms with E-state index in [1.165, 1.54) is 16.6 Å². The Hall–Kier alpha value is -1.18. The van der Waals surface area contributed by atoms with Gasteiger partial charge in [-0.2, -0.15) is 4.31 Å². The number of rotatable bonds is 6. The maximum Gasteiger partial charge on any atom is 0.244 e. The quantitative estimate of drug-likeness (QED) is 0.802. The minimum absolute atomic E-state index is 0.0149. The van der Waals surface area contributed by atoms with E-state index in [0.717, 1.165) is 19.3 Å². The van der Waals surface area contributed by atoms with Gasteiger partial charge in [-0.25, -0.2) is 13.4 Å². The molecule has 0 atom stereocenters. The topological polar surface area (TPSA) is 82.5 Å². The van der Waals surface area contributed by atoms with E-state index in [-0.39, 0.29) is 24.1 Å². The van der Waals surface area contributed by atoms with Gasteiger partial charge >= 0.3 is 0 Å². The van der Waals surface area contributed by atoms with Crippen LogP contribution in [0.2, 0.25) is 0 Å². The summed E-state index contributed by atoms with van der Waals surface area (Å²) >= 11 is 0. The number of sulfonamides is 1. The molecular weight excluding hydrogens is 266 g/mol. The second-order valence-electron chi connectivity index (χ2n) is 4.55. The maximum atomic E-state index is 12.5. The van der Waals surface area contributed by atoms with Crippen molar-refractivity contribution in [1.29, 1.82) is 0 Å². The summed E-state index contributed by atoms with van der Waals surface area (Å²) in [7, 11) is -1.84. The Morgan fingerprint density at radius 2 is 2.21 bits per heavy atom. The molecule has 0 aromatic carbocycles. The van der Waals surface area contributed by atoms with Crippen LogP contribution in [-0.4, -0.2) is 49.1 Å². The number of pyridine rings is 1. The summed E-state index contributed by atoms with van der Waals surface area (Å²) in [4.78, 5) is 4.20. The third-order valence-corrected chi connectivity index (χ3v) is 5.34. The van der Waals surface area contributed by atoms with Crippen molar-refractivity contribution in [3.05, 3.63) is 18.3 Å². The Labute approximate surface area is 113 Å². The van der Waals surface area contributed by atoms with Crippen molar-refractivity contribution in [3.8, 4) is 0 Å². The van der Waals surface area contributed by atoms with Crippen LogP contribution in [0.4, 0.5) is 5.82 Å². The fourth-order valence-corrected chi connectivity index (χ4v) is 3.71. The van der Waals surface area contributed by atoms with Crippen molar-refractivity contribution in [3.63, 3.8) is 0 Å². The lowest BCUT2D eigenvalue weighted by atomic mass is 9.93. The van der Waals surface area contributed by atoms with Crippen molar-refractivity contribution in [1.82, 2.24) is 9.29 Å². The van der Waals surface area contributed by atoms with E-state index in [1.54, 1.807) is 13.1 Å². The van der Waals surface area contributed by atoms with E-state index >= 15 is 0 Å². The molecule has 2 N–H and O–H groups in total. The second kappa shape index (κ2) is 5.85. The summed E-state index contributed by atoms with van der Waals surface area (Å²) in [5.41, 5.74) is 0. The molecule has 0 radical (unpaired) electrons. The highest BCUT2D eigenvalue weighted by Gasteiger charge is 2.34. The molecule has 1 aliphatic carbocycles. The lowest BCUT2D eigenvalue weighted by Gasteiger charge is -2.36. The Morgan fingerprint density at radius 1 is 1.47 bits per heavy atom. The van der Waals surface area contributed by atoms with E-state index in [4.69, 9.17) is 5.11 Å². The van der Waals surface area contributed by atoms with Crippen LogP contribution in [0, 0.1) is 0 Å². The summed E-state index contributed by atoms with van der Waals surface area (Å²) in [6, 6.07) is 3.18. The molecule has 1 saturated carbocycles. The smallest absolute Gasteiger partial charge is 0.244 e. The molecule has 0 saturated heterocycles. The van der Waals surface area contributed by atoms with Crippen LogP contribution in [0.25, 0.3) is 0 Å². The first-order chi connectivity index (χ1) is 9.09. The van der Waals surface area contributed by atoms with E-state index < -0.39 is 10.0 Å². The predicted octanol–water partition coefficient (Wildman–Crippen LogP) is 0.659. The van der Waals surface area contributed by atoms with Crippen LogP contribution in [0.5, 0.6) is 0 Å². The fourth-order valence-electron chi connectivity index (χ4n) is 2.09. The zero-order valence-electron chi connectivity index (χ0n) is 10.9. The number of hydrogen-bond donors (Lipinski definition) is 2. The molecule has 0 aliphatic heterocycles. The molecule has 0 amide bonds. The lowest BCUT2D eigenvalue weighted by molar-refractivity contribution is 0.178. The molecule has 1 heterocycles. The number of anilines is 1. The van der Waals surface area contributed by atoms with Gasteiger partial charge in [0.25, 0.3) is 0 Å². The Balaban J connectivity index is 2.26. The monoisotopic (exact) mass is 285 g/mol. The summed E-state index contributed by atoms with van der Waals surface area (Å²) in [5.74, 6) is 0.622. The molecule has 0 unspecified atom stereocenters. The summed E-state index contributed by atoms with van der Waals surface area (Å²) < 4.78 is 26.4. The number of aliphatic hydroxyl groups is 1. The zero-order chi connectivity index (χ0) is 13.9. The van der Waals surface area contributed by atoms with Crippen LogP contribution in [0.1, 0.15) is 19.3 Å². The Kier molecular flexibility index (Phi) is 4.38. The van der Waals surface area contributed by atoms with Crippen LogP contribution in [-0.2, 0) is 10.0 Å². The third kappa shape index (κ3) is 2.88. The van der Waals surface area contributed by atoms with Gasteiger partial charge < -0.3 is 10.4 Å². The van der Waals surface area contributed by atoms with Gasteiger partial charge in [0.2, 0.25) is 10.0 Å². The van der Waals surface area contributed by atoms with E-state index in [0.29, 0.717) is 5.82 Å². The first-order valence-electron chi connectivity index (χ1n) is 6.36. The fraction of sp³-hybridized carbons (Fsp3) is 0.583. The molecule has 6 nitrogen and oxygen atoms in total. The van der Waals surface area contributed by atoms with E-state index in [2.05, 4.69) is 10.3 Å². The molecule has 106 valence electrons. The van der Waals surface area contributed by atoms with Gasteiger partial charge in [0.1, 0.15) is 10.7 Å². The second-order valence-corrected chi connectivity index (χ2v) is 6.44. The van der Waals surface area contributed by atoms with Gasteiger partial charge in [0, 0.05) is 25.8 Å². The maximum absolute atomic E-state index is 12.5. The molecule has 2 rings (SSSR count). The summed E-state index contributed by atoms with van der Waals surface area (Å²) in [5, 5.41) is 11.9. The molecular formula is C12H19N3O3S. The van der Waals surface area contributed by atoms with Crippen molar-refractivity contribution >= 4 is 15.8 Å². The normalized spacial score (nSPS) is 16.4. The molecule has 1 aliphatic rings. The average molecular weight is 285 g/mol. The van der Waals surface area contributed by atoms with Crippen LogP contribution in [0.3, 0.4) is 0 Å². The van der Waals surface area contributed by atoms with E-state index in [1.807, 2.05) is 0 Å². The molecule has 0 bridgehead atoms. The minimum Gasteiger partial charge on any atom is -0.395 e.